The molecule has 1 aromatic heterocycles. The number of nitro groups is 1. The lowest BCUT2D eigenvalue weighted by Gasteiger charge is -2.34. The number of nitrogens with zero attached hydrogens (tertiary/aromatic N) is 4. The Balaban J connectivity index is 2.07. The predicted octanol–water partition coefficient (Wildman–Crippen LogP) is 3.27. The molecule has 0 radical (unpaired) electrons. The average Bonchev–Trinajstić information content (AvgIpc) is 2.95. The van der Waals surface area contributed by atoms with Gasteiger partial charge in [-0.15, -0.1) is 6.58 Å². The number of hydrazine groups is 1. The van der Waals surface area contributed by atoms with E-state index in [9.17, 15) is 10.1 Å². The first kappa shape index (κ1) is 15.0. The van der Waals surface area contributed by atoms with Crippen LogP contribution in [0.5, 0.6) is 0 Å². The highest BCUT2D eigenvalue weighted by molar-refractivity contribution is 5.70. The Bertz CT molecular complexity index is 760. The molecule has 0 amide bonds. The zero-order valence-electron chi connectivity index (χ0n) is 13.0. The van der Waals surface area contributed by atoms with E-state index in [1.165, 1.54) is 17.3 Å². The van der Waals surface area contributed by atoms with Crippen LogP contribution >= 0.6 is 0 Å². The SMILES string of the molecule is C=CCN(c1ccncc1[N+](=O)[O-])N1CCc2ccc(C)cc21. The summed E-state index contributed by atoms with van der Waals surface area (Å²) in [7, 11) is 0. The Hall–Kier alpha value is -2.89. The lowest BCUT2D eigenvalue weighted by atomic mass is 10.1. The zero-order valence-corrected chi connectivity index (χ0v) is 13.0. The molecule has 0 N–H and O–H groups in total. The van der Waals surface area contributed by atoms with E-state index >= 15 is 0 Å². The van der Waals surface area contributed by atoms with E-state index in [2.05, 4.69) is 34.8 Å². The molecule has 23 heavy (non-hydrogen) atoms. The summed E-state index contributed by atoms with van der Waals surface area (Å²) < 4.78 is 0. The van der Waals surface area contributed by atoms with Crippen molar-refractivity contribution in [3.63, 3.8) is 0 Å². The van der Waals surface area contributed by atoms with Gasteiger partial charge in [0, 0.05) is 12.7 Å². The van der Waals surface area contributed by atoms with Crippen molar-refractivity contribution >= 4 is 17.1 Å². The molecule has 0 bridgehead atoms. The van der Waals surface area contributed by atoms with Crippen molar-refractivity contribution in [1.29, 1.82) is 0 Å². The second-order valence-corrected chi connectivity index (χ2v) is 5.50. The Labute approximate surface area is 134 Å². The summed E-state index contributed by atoms with van der Waals surface area (Å²) in [6.07, 6.45) is 5.53. The Kier molecular flexibility index (Phi) is 3.97. The number of rotatable bonds is 5. The van der Waals surface area contributed by atoms with Crippen LogP contribution in [0.1, 0.15) is 11.1 Å². The van der Waals surface area contributed by atoms with Crippen molar-refractivity contribution in [2.24, 2.45) is 0 Å². The molecule has 6 nitrogen and oxygen atoms in total. The predicted molar refractivity (Wildman–Crippen MR) is 90.7 cm³/mol. The van der Waals surface area contributed by atoms with Gasteiger partial charge in [-0.05, 0) is 36.6 Å². The lowest BCUT2D eigenvalue weighted by molar-refractivity contribution is -0.384. The molecular weight excluding hydrogens is 292 g/mol. The zero-order chi connectivity index (χ0) is 16.4. The Morgan fingerprint density at radius 2 is 2.30 bits per heavy atom. The normalized spacial score (nSPS) is 12.8. The number of aromatic nitrogens is 1. The fraction of sp³-hybridized carbons (Fsp3) is 0.235. The highest BCUT2D eigenvalue weighted by Gasteiger charge is 2.28. The third kappa shape index (κ3) is 2.75. The number of fused-ring (bicyclic) bond motifs is 1. The topological polar surface area (TPSA) is 62.5 Å². The molecule has 0 aliphatic carbocycles. The van der Waals surface area contributed by atoms with Gasteiger partial charge in [-0.3, -0.25) is 25.1 Å². The van der Waals surface area contributed by atoms with E-state index in [1.54, 1.807) is 18.3 Å². The molecule has 0 saturated heterocycles. The summed E-state index contributed by atoms with van der Waals surface area (Å²) in [4.78, 5) is 14.8. The van der Waals surface area contributed by atoms with E-state index in [1.807, 2.05) is 11.9 Å². The monoisotopic (exact) mass is 310 g/mol. The highest BCUT2D eigenvalue weighted by Crippen LogP contribution is 2.35. The van der Waals surface area contributed by atoms with Gasteiger partial charge in [0.2, 0.25) is 0 Å². The maximum Gasteiger partial charge on any atom is 0.312 e. The van der Waals surface area contributed by atoms with Crippen molar-refractivity contribution in [2.45, 2.75) is 13.3 Å². The van der Waals surface area contributed by atoms with Crippen molar-refractivity contribution < 1.29 is 4.92 Å². The fourth-order valence-electron chi connectivity index (χ4n) is 2.91. The van der Waals surface area contributed by atoms with Crippen LogP contribution in [0.25, 0.3) is 0 Å². The second-order valence-electron chi connectivity index (χ2n) is 5.50. The molecule has 0 unspecified atom stereocenters. The molecule has 3 rings (SSSR count). The minimum Gasteiger partial charge on any atom is -0.284 e. The maximum absolute atomic E-state index is 11.3. The van der Waals surface area contributed by atoms with Crippen LogP contribution in [0.4, 0.5) is 17.1 Å². The molecule has 1 aromatic carbocycles. The molecule has 1 aliphatic heterocycles. The number of benzene rings is 1. The summed E-state index contributed by atoms with van der Waals surface area (Å²) in [5.41, 5.74) is 4.03. The van der Waals surface area contributed by atoms with E-state index < -0.39 is 4.92 Å². The van der Waals surface area contributed by atoms with Gasteiger partial charge < -0.3 is 0 Å². The molecular formula is C17H18N4O2. The number of pyridine rings is 1. The first-order valence-corrected chi connectivity index (χ1v) is 7.45. The quantitative estimate of drug-likeness (QED) is 0.482. The van der Waals surface area contributed by atoms with Gasteiger partial charge in [0.25, 0.3) is 0 Å². The Morgan fingerprint density at radius 1 is 1.48 bits per heavy atom. The largest absolute Gasteiger partial charge is 0.312 e. The van der Waals surface area contributed by atoms with Crippen molar-refractivity contribution in [3.8, 4) is 0 Å². The van der Waals surface area contributed by atoms with Crippen LogP contribution in [0.2, 0.25) is 0 Å². The minimum atomic E-state index is -0.397. The van der Waals surface area contributed by atoms with Crippen LogP contribution in [-0.2, 0) is 6.42 Å². The molecule has 2 heterocycles. The van der Waals surface area contributed by atoms with Gasteiger partial charge in [0.1, 0.15) is 11.9 Å². The molecule has 118 valence electrons. The van der Waals surface area contributed by atoms with Crippen LogP contribution in [0.15, 0.2) is 49.3 Å². The summed E-state index contributed by atoms with van der Waals surface area (Å²) in [5, 5.41) is 15.3. The standard InChI is InChI=1S/C17H18N4O2/c1-3-9-19(15-6-8-18-12-17(15)21(22)23)20-10-7-14-5-4-13(2)11-16(14)20/h3-6,8,11-12H,1,7,9-10H2,2H3. The van der Waals surface area contributed by atoms with Gasteiger partial charge in [0.15, 0.2) is 0 Å². The van der Waals surface area contributed by atoms with Crippen LogP contribution < -0.4 is 10.0 Å². The summed E-state index contributed by atoms with van der Waals surface area (Å²) in [6, 6.07) is 8.01. The van der Waals surface area contributed by atoms with E-state index in [0.29, 0.717) is 12.2 Å². The van der Waals surface area contributed by atoms with E-state index in [4.69, 9.17) is 0 Å². The highest BCUT2D eigenvalue weighted by atomic mass is 16.6. The van der Waals surface area contributed by atoms with E-state index in [-0.39, 0.29) is 5.69 Å². The molecule has 6 heteroatoms. The number of aryl methyl sites for hydroxylation is 1. The van der Waals surface area contributed by atoms with Crippen molar-refractivity contribution in [2.75, 3.05) is 23.1 Å². The second kappa shape index (κ2) is 6.08. The third-order valence-electron chi connectivity index (χ3n) is 3.96. The average molecular weight is 310 g/mol. The van der Waals surface area contributed by atoms with Crippen LogP contribution in [-0.4, -0.2) is 23.0 Å². The van der Waals surface area contributed by atoms with E-state index in [0.717, 1.165) is 18.7 Å². The molecule has 1 aliphatic rings. The maximum atomic E-state index is 11.3. The molecule has 0 fully saturated rings. The van der Waals surface area contributed by atoms with Gasteiger partial charge >= 0.3 is 5.69 Å². The minimum absolute atomic E-state index is 0.00421. The lowest BCUT2D eigenvalue weighted by Crippen LogP contribution is -2.42. The number of hydrogen-bond donors (Lipinski definition) is 0. The third-order valence-corrected chi connectivity index (χ3v) is 3.96. The van der Waals surface area contributed by atoms with Crippen molar-refractivity contribution in [3.05, 3.63) is 70.6 Å². The molecule has 0 saturated carbocycles. The summed E-state index contributed by atoms with van der Waals surface area (Å²) in [5.74, 6) is 0. The van der Waals surface area contributed by atoms with Crippen LogP contribution in [0.3, 0.4) is 0 Å². The fourth-order valence-corrected chi connectivity index (χ4v) is 2.91. The first-order valence-electron chi connectivity index (χ1n) is 7.45. The van der Waals surface area contributed by atoms with Gasteiger partial charge in [-0.1, -0.05) is 18.2 Å². The summed E-state index contributed by atoms with van der Waals surface area (Å²) >= 11 is 0. The van der Waals surface area contributed by atoms with Gasteiger partial charge in [-0.2, -0.15) is 0 Å². The van der Waals surface area contributed by atoms with Gasteiger partial charge in [-0.25, -0.2) is 0 Å². The van der Waals surface area contributed by atoms with Gasteiger partial charge in [0.05, 0.1) is 17.2 Å². The smallest absolute Gasteiger partial charge is 0.284 e. The Morgan fingerprint density at radius 3 is 3.04 bits per heavy atom. The van der Waals surface area contributed by atoms with Crippen molar-refractivity contribution in [1.82, 2.24) is 4.98 Å². The molecule has 0 atom stereocenters. The first-order chi connectivity index (χ1) is 11.1. The molecule has 2 aromatic rings. The number of hydrogen-bond acceptors (Lipinski definition) is 5. The summed E-state index contributed by atoms with van der Waals surface area (Å²) in [6.45, 7) is 7.10. The van der Waals surface area contributed by atoms with Crippen LogP contribution in [0, 0.1) is 17.0 Å². The number of anilines is 2. The molecule has 0 spiro atoms.